The second-order valence-corrected chi connectivity index (χ2v) is 10.1. The molecule has 0 aromatic heterocycles. The summed E-state index contributed by atoms with van der Waals surface area (Å²) < 4.78 is 17.9. The van der Waals surface area contributed by atoms with Crippen molar-refractivity contribution in [2.24, 2.45) is 5.41 Å². The molecule has 2 heterocycles. The predicted molar refractivity (Wildman–Crippen MR) is 116 cm³/mol. The van der Waals surface area contributed by atoms with Crippen molar-refractivity contribution in [3.63, 3.8) is 0 Å². The number of nitrogens with zero attached hydrogens (tertiary/aromatic N) is 2. The molecule has 0 N–H and O–H groups in total. The summed E-state index contributed by atoms with van der Waals surface area (Å²) in [6.07, 6.45) is 0.761. The maximum Gasteiger partial charge on any atom is 0.494 e. The van der Waals surface area contributed by atoms with E-state index in [1.807, 2.05) is 72.7 Å². The molecule has 7 heteroatoms. The second-order valence-electron chi connectivity index (χ2n) is 10.1. The lowest BCUT2D eigenvalue weighted by Gasteiger charge is -2.37. The van der Waals surface area contributed by atoms with Crippen LogP contribution >= 0.6 is 0 Å². The molecule has 0 spiro atoms. The van der Waals surface area contributed by atoms with Gasteiger partial charge in [0.25, 0.3) is 0 Å². The lowest BCUT2D eigenvalue weighted by Crippen LogP contribution is -2.44. The fraction of sp³-hybridized carbons (Fsp3) is 0.652. The van der Waals surface area contributed by atoms with Gasteiger partial charge in [-0.25, -0.2) is 4.79 Å². The van der Waals surface area contributed by atoms with Gasteiger partial charge in [-0.2, -0.15) is 5.26 Å². The van der Waals surface area contributed by atoms with Gasteiger partial charge in [-0.05, 0) is 59.5 Å². The number of benzene rings is 1. The first-order chi connectivity index (χ1) is 13.9. The third-order valence-corrected chi connectivity index (χ3v) is 6.65. The zero-order valence-electron chi connectivity index (χ0n) is 19.2. The van der Waals surface area contributed by atoms with Crippen molar-refractivity contribution in [1.82, 2.24) is 4.90 Å². The van der Waals surface area contributed by atoms with Gasteiger partial charge in [0.15, 0.2) is 0 Å². The van der Waals surface area contributed by atoms with Gasteiger partial charge in [-0.1, -0.05) is 24.3 Å². The predicted octanol–water partition coefficient (Wildman–Crippen LogP) is 4.20. The van der Waals surface area contributed by atoms with Crippen molar-refractivity contribution < 1.29 is 18.8 Å². The standard InChI is InChI=1S/C23H33BN2O4/c1-16(26-13-12-19(28-20(26)27)14-21(2,3)15-25)17-8-10-18(11-9-17)24-29-22(4,5)23(6,7)30-24/h8-11,16,19H,12-14H2,1-7H3. The van der Waals surface area contributed by atoms with Gasteiger partial charge in [0.2, 0.25) is 0 Å². The SMILES string of the molecule is CC(c1ccc(B2OC(C)(C)C(C)(C)O2)cc1)N1CCC(CC(C)(C)C#N)OC1=O. The number of carbonyl (C=O) groups excluding carboxylic acids is 1. The molecular weight excluding hydrogens is 379 g/mol. The third-order valence-electron chi connectivity index (χ3n) is 6.65. The highest BCUT2D eigenvalue weighted by molar-refractivity contribution is 6.62. The van der Waals surface area contributed by atoms with Gasteiger partial charge in [0.05, 0.1) is 28.7 Å². The molecule has 0 saturated carbocycles. The van der Waals surface area contributed by atoms with Crippen LogP contribution in [0.3, 0.4) is 0 Å². The number of amides is 1. The van der Waals surface area contributed by atoms with E-state index in [2.05, 4.69) is 6.07 Å². The zero-order valence-corrected chi connectivity index (χ0v) is 19.2. The van der Waals surface area contributed by atoms with Crippen LogP contribution in [0.25, 0.3) is 0 Å². The Hall–Kier alpha value is -2.04. The van der Waals surface area contributed by atoms with E-state index >= 15 is 0 Å². The summed E-state index contributed by atoms with van der Waals surface area (Å²) in [7, 11) is -0.399. The summed E-state index contributed by atoms with van der Waals surface area (Å²) in [5.41, 5.74) is 0.741. The monoisotopic (exact) mass is 412 g/mol. The number of carbonyl (C=O) groups is 1. The zero-order chi connectivity index (χ0) is 22.3. The Bertz CT molecular complexity index is 813. The molecule has 0 radical (unpaired) electrons. The molecule has 2 aliphatic rings. The fourth-order valence-corrected chi connectivity index (χ4v) is 3.84. The van der Waals surface area contributed by atoms with E-state index in [4.69, 9.17) is 14.0 Å². The number of cyclic esters (lactones) is 1. The molecule has 3 rings (SSSR count). The summed E-state index contributed by atoms with van der Waals surface area (Å²) in [5.74, 6) is 0. The molecule has 1 aromatic rings. The molecule has 162 valence electrons. The first-order valence-corrected chi connectivity index (χ1v) is 10.7. The van der Waals surface area contributed by atoms with Crippen molar-refractivity contribution in [3.8, 4) is 6.07 Å². The molecule has 1 amide bonds. The Balaban J connectivity index is 1.64. The summed E-state index contributed by atoms with van der Waals surface area (Å²) in [6.45, 7) is 14.5. The average Bonchev–Trinajstić information content (AvgIpc) is 2.88. The van der Waals surface area contributed by atoms with Crippen LogP contribution in [-0.2, 0) is 14.0 Å². The van der Waals surface area contributed by atoms with Crippen molar-refractivity contribution in [2.45, 2.75) is 84.7 Å². The lowest BCUT2D eigenvalue weighted by atomic mass is 9.78. The van der Waals surface area contributed by atoms with Gasteiger partial charge in [-0.15, -0.1) is 0 Å². The molecule has 2 fully saturated rings. The summed E-state index contributed by atoms with van der Waals surface area (Å²) in [6, 6.07) is 10.2. The molecule has 30 heavy (non-hydrogen) atoms. The van der Waals surface area contributed by atoms with Crippen molar-refractivity contribution in [2.75, 3.05) is 6.54 Å². The number of hydrogen-bond donors (Lipinski definition) is 0. The maximum absolute atomic E-state index is 12.6. The lowest BCUT2D eigenvalue weighted by molar-refractivity contribution is 0.000794. The van der Waals surface area contributed by atoms with Gasteiger partial charge in [-0.3, -0.25) is 0 Å². The first kappa shape index (κ1) is 22.6. The Labute approximate surface area is 180 Å². The molecule has 0 aliphatic carbocycles. The molecule has 2 unspecified atom stereocenters. The minimum atomic E-state index is -0.498. The van der Waals surface area contributed by atoms with Crippen molar-refractivity contribution in [3.05, 3.63) is 29.8 Å². The molecule has 2 atom stereocenters. The van der Waals surface area contributed by atoms with Crippen LogP contribution in [0.4, 0.5) is 4.79 Å². The van der Waals surface area contributed by atoms with E-state index in [9.17, 15) is 10.1 Å². The van der Waals surface area contributed by atoms with Gasteiger partial charge < -0.3 is 18.9 Å². The van der Waals surface area contributed by atoms with E-state index in [1.165, 1.54) is 0 Å². The van der Waals surface area contributed by atoms with E-state index in [-0.39, 0.29) is 29.4 Å². The second kappa shape index (κ2) is 7.90. The van der Waals surface area contributed by atoms with Crippen LogP contribution in [0, 0.1) is 16.7 Å². The van der Waals surface area contributed by atoms with Crippen LogP contribution < -0.4 is 5.46 Å². The van der Waals surface area contributed by atoms with Crippen LogP contribution in [0.1, 0.15) is 72.9 Å². The van der Waals surface area contributed by atoms with E-state index in [1.54, 1.807) is 4.90 Å². The van der Waals surface area contributed by atoms with Crippen LogP contribution in [0.2, 0.25) is 0 Å². The van der Waals surface area contributed by atoms with Gasteiger partial charge in [0, 0.05) is 19.4 Å². The van der Waals surface area contributed by atoms with Gasteiger partial charge >= 0.3 is 13.2 Å². The highest BCUT2D eigenvalue weighted by Gasteiger charge is 2.51. The van der Waals surface area contributed by atoms with Gasteiger partial charge in [0.1, 0.15) is 6.10 Å². The maximum atomic E-state index is 12.6. The topological polar surface area (TPSA) is 71.8 Å². The molecular formula is C23H33BN2O4. The quantitative estimate of drug-likeness (QED) is 0.678. The molecule has 2 saturated heterocycles. The van der Waals surface area contributed by atoms with Crippen LogP contribution in [-0.4, -0.2) is 42.0 Å². The minimum absolute atomic E-state index is 0.102. The van der Waals surface area contributed by atoms with E-state index < -0.39 is 12.5 Å². The minimum Gasteiger partial charge on any atom is -0.446 e. The molecule has 1 aromatic carbocycles. The Kier molecular flexibility index (Phi) is 5.96. The Morgan fingerprint density at radius 3 is 2.27 bits per heavy atom. The Morgan fingerprint density at radius 1 is 1.20 bits per heavy atom. The first-order valence-electron chi connectivity index (χ1n) is 10.7. The number of ether oxygens (including phenoxy) is 1. The number of nitriles is 1. The number of rotatable bonds is 5. The van der Waals surface area contributed by atoms with Crippen molar-refractivity contribution >= 4 is 18.7 Å². The van der Waals surface area contributed by atoms with Crippen LogP contribution in [0.15, 0.2) is 24.3 Å². The molecule has 2 aliphatic heterocycles. The summed E-state index contributed by atoms with van der Waals surface area (Å²) >= 11 is 0. The number of hydrogen-bond acceptors (Lipinski definition) is 5. The average molecular weight is 412 g/mol. The molecule has 0 bridgehead atoms. The highest BCUT2D eigenvalue weighted by atomic mass is 16.7. The fourth-order valence-electron chi connectivity index (χ4n) is 3.84. The summed E-state index contributed by atoms with van der Waals surface area (Å²) in [4.78, 5) is 14.3. The normalized spacial score (nSPS) is 24.3. The third kappa shape index (κ3) is 4.50. The van der Waals surface area contributed by atoms with E-state index in [0.717, 1.165) is 17.4 Å². The Morgan fingerprint density at radius 2 is 1.77 bits per heavy atom. The highest BCUT2D eigenvalue weighted by Crippen LogP contribution is 2.36. The van der Waals surface area contributed by atoms with E-state index in [0.29, 0.717) is 13.0 Å². The molecule has 6 nitrogen and oxygen atoms in total. The largest absolute Gasteiger partial charge is 0.494 e. The van der Waals surface area contributed by atoms with Crippen molar-refractivity contribution in [1.29, 1.82) is 5.26 Å². The van der Waals surface area contributed by atoms with Crippen LogP contribution in [0.5, 0.6) is 0 Å². The smallest absolute Gasteiger partial charge is 0.446 e. The summed E-state index contributed by atoms with van der Waals surface area (Å²) in [5, 5.41) is 9.22.